The Morgan fingerprint density at radius 1 is 1.23 bits per heavy atom. The maximum Gasteiger partial charge on any atom is 0.277 e. The van der Waals surface area contributed by atoms with E-state index in [0.717, 1.165) is 16.7 Å². The normalized spacial score (nSPS) is 10.7. The van der Waals surface area contributed by atoms with Gasteiger partial charge in [-0.15, -0.1) is 0 Å². The summed E-state index contributed by atoms with van der Waals surface area (Å²) in [5.74, 6) is 0.351. The van der Waals surface area contributed by atoms with E-state index in [4.69, 9.17) is 16.3 Å². The second-order valence-corrected chi connectivity index (χ2v) is 5.40. The van der Waals surface area contributed by atoms with E-state index < -0.39 is 0 Å². The molecule has 0 heterocycles. The van der Waals surface area contributed by atoms with Crippen LogP contribution in [0.3, 0.4) is 0 Å². The molecule has 0 aliphatic rings. The quantitative estimate of drug-likeness (QED) is 0.678. The van der Waals surface area contributed by atoms with E-state index in [1.807, 2.05) is 44.2 Å². The summed E-state index contributed by atoms with van der Waals surface area (Å²) in [5, 5.41) is 4.49. The zero-order valence-corrected chi connectivity index (χ0v) is 13.2. The van der Waals surface area contributed by atoms with Crippen LogP contribution in [0.4, 0.5) is 0 Å². The number of nitrogens with one attached hydrogen (secondary N) is 1. The zero-order chi connectivity index (χ0) is 15.9. The summed E-state index contributed by atoms with van der Waals surface area (Å²) in [7, 11) is 0. The summed E-state index contributed by atoms with van der Waals surface area (Å²) in [5.41, 5.74) is 5.40. The van der Waals surface area contributed by atoms with Crippen LogP contribution < -0.4 is 10.2 Å². The lowest BCUT2D eigenvalue weighted by molar-refractivity contribution is -0.123. The molecule has 0 saturated heterocycles. The summed E-state index contributed by atoms with van der Waals surface area (Å²) >= 11 is 5.86. The molecule has 0 aromatic heterocycles. The average molecular weight is 317 g/mol. The van der Waals surface area contributed by atoms with Crippen molar-refractivity contribution in [1.29, 1.82) is 0 Å². The van der Waals surface area contributed by atoms with Gasteiger partial charge in [0.1, 0.15) is 5.75 Å². The highest BCUT2D eigenvalue weighted by Gasteiger charge is 2.02. The van der Waals surface area contributed by atoms with Crippen molar-refractivity contribution in [2.45, 2.75) is 13.8 Å². The molecule has 0 aliphatic carbocycles. The van der Waals surface area contributed by atoms with E-state index in [9.17, 15) is 4.79 Å². The van der Waals surface area contributed by atoms with Gasteiger partial charge in [0.25, 0.3) is 5.91 Å². The molecule has 114 valence electrons. The molecule has 0 radical (unpaired) electrons. The second-order valence-electron chi connectivity index (χ2n) is 4.96. The van der Waals surface area contributed by atoms with Gasteiger partial charge < -0.3 is 4.74 Å². The molecule has 2 aromatic carbocycles. The number of ether oxygens (including phenoxy) is 1. The first-order chi connectivity index (χ1) is 10.5. The predicted molar refractivity (Wildman–Crippen MR) is 88.6 cm³/mol. The Morgan fingerprint density at radius 3 is 2.64 bits per heavy atom. The van der Waals surface area contributed by atoms with E-state index >= 15 is 0 Å². The van der Waals surface area contributed by atoms with E-state index in [1.165, 1.54) is 6.21 Å². The molecular formula is C17H17ClN2O2. The third kappa shape index (κ3) is 5.22. The first-order valence-corrected chi connectivity index (χ1v) is 7.19. The summed E-state index contributed by atoms with van der Waals surface area (Å²) in [6.07, 6.45) is 1.53. The summed E-state index contributed by atoms with van der Waals surface area (Å²) < 4.78 is 5.44. The number of hydrogen-bond donors (Lipinski definition) is 1. The van der Waals surface area contributed by atoms with Crippen molar-refractivity contribution in [2.24, 2.45) is 5.10 Å². The van der Waals surface area contributed by atoms with Gasteiger partial charge >= 0.3 is 0 Å². The van der Waals surface area contributed by atoms with E-state index in [1.54, 1.807) is 12.1 Å². The van der Waals surface area contributed by atoms with Gasteiger partial charge in [0.15, 0.2) is 6.61 Å². The Morgan fingerprint density at radius 2 is 1.95 bits per heavy atom. The summed E-state index contributed by atoms with van der Waals surface area (Å²) in [4.78, 5) is 11.7. The molecule has 1 N–H and O–H groups in total. The maximum atomic E-state index is 11.7. The van der Waals surface area contributed by atoms with Gasteiger partial charge in [0.2, 0.25) is 0 Å². The highest BCUT2D eigenvalue weighted by atomic mass is 35.5. The maximum absolute atomic E-state index is 11.7. The summed E-state index contributed by atoms with van der Waals surface area (Å²) in [6.45, 7) is 3.88. The minimum atomic E-state index is -0.322. The lowest BCUT2D eigenvalue weighted by Crippen LogP contribution is -2.24. The van der Waals surface area contributed by atoms with E-state index in [0.29, 0.717) is 10.8 Å². The van der Waals surface area contributed by atoms with Crippen molar-refractivity contribution in [3.63, 3.8) is 0 Å². The number of aryl methyl sites for hydroxylation is 2. The predicted octanol–water partition coefficient (Wildman–Crippen LogP) is 3.49. The Labute approximate surface area is 134 Å². The van der Waals surface area contributed by atoms with Gasteiger partial charge in [-0.05, 0) is 54.8 Å². The van der Waals surface area contributed by atoms with Gasteiger partial charge in [0.05, 0.1) is 6.21 Å². The van der Waals surface area contributed by atoms with Gasteiger partial charge in [-0.2, -0.15) is 5.10 Å². The molecule has 22 heavy (non-hydrogen) atoms. The molecule has 0 aliphatic heterocycles. The van der Waals surface area contributed by atoms with Crippen LogP contribution >= 0.6 is 11.6 Å². The Balaban J connectivity index is 1.83. The first-order valence-electron chi connectivity index (χ1n) is 6.81. The molecule has 5 heteroatoms. The number of amides is 1. The van der Waals surface area contributed by atoms with Crippen LogP contribution in [0, 0.1) is 13.8 Å². The minimum absolute atomic E-state index is 0.0875. The molecule has 2 rings (SSSR count). The van der Waals surface area contributed by atoms with Crippen LogP contribution in [0.15, 0.2) is 47.6 Å². The largest absolute Gasteiger partial charge is 0.484 e. The zero-order valence-electron chi connectivity index (χ0n) is 12.5. The van der Waals surface area contributed by atoms with Crippen molar-refractivity contribution >= 4 is 23.7 Å². The lowest BCUT2D eigenvalue weighted by Gasteiger charge is -2.07. The number of benzene rings is 2. The minimum Gasteiger partial charge on any atom is -0.484 e. The van der Waals surface area contributed by atoms with Crippen LogP contribution in [0.1, 0.15) is 16.7 Å². The monoisotopic (exact) mass is 316 g/mol. The topological polar surface area (TPSA) is 50.7 Å². The third-order valence-corrected chi connectivity index (χ3v) is 3.05. The fraction of sp³-hybridized carbons (Fsp3) is 0.176. The fourth-order valence-electron chi connectivity index (χ4n) is 1.96. The van der Waals surface area contributed by atoms with Gasteiger partial charge in [-0.25, -0.2) is 5.43 Å². The van der Waals surface area contributed by atoms with Crippen LogP contribution in [-0.2, 0) is 4.79 Å². The number of rotatable bonds is 5. The lowest BCUT2D eigenvalue weighted by atomic mass is 10.1. The Kier molecular flexibility index (Phi) is 5.55. The standard InChI is InChI=1S/C17H17ClN2O2/c1-12-6-13(2)8-16(7-12)22-11-17(21)20-19-10-14-4-3-5-15(18)9-14/h3-10H,11H2,1-2H3,(H,20,21)/b19-10+. The number of carbonyl (C=O) groups is 1. The highest BCUT2D eigenvalue weighted by molar-refractivity contribution is 6.30. The van der Waals surface area contributed by atoms with Crippen LogP contribution in [0.5, 0.6) is 5.75 Å². The number of halogens is 1. The van der Waals surface area contributed by atoms with Gasteiger partial charge in [-0.1, -0.05) is 29.8 Å². The number of hydrazone groups is 1. The van der Waals surface area contributed by atoms with Crippen LogP contribution in [-0.4, -0.2) is 18.7 Å². The SMILES string of the molecule is Cc1cc(C)cc(OCC(=O)N/N=C/c2cccc(Cl)c2)c1. The van der Waals surface area contributed by atoms with Crippen molar-refractivity contribution in [1.82, 2.24) is 5.43 Å². The molecule has 0 atom stereocenters. The van der Waals surface area contributed by atoms with E-state index in [2.05, 4.69) is 10.5 Å². The van der Waals surface area contributed by atoms with Crippen molar-refractivity contribution < 1.29 is 9.53 Å². The van der Waals surface area contributed by atoms with Crippen molar-refractivity contribution in [2.75, 3.05) is 6.61 Å². The Bertz CT molecular complexity index is 679. The number of hydrogen-bond acceptors (Lipinski definition) is 3. The van der Waals surface area contributed by atoms with Crippen LogP contribution in [0.2, 0.25) is 5.02 Å². The number of carbonyl (C=O) groups excluding carboxylic acids is 1. The molecule has 0 bridgehead atoms. The highest BCUT2D eigenvalue weighted by Crippen LogP contribution is 2.15. The van der Waals surface area contributed by atoms with Crippen LogP contribution in [0.25, 0.3) is 0 Å². The smallest absolute Gasteiger partial charge is 0.277 e. The molecule has 0 fully saturated rings. The number of nitrogens with zero attached hydrogens (tertiary/aromatic N) is 1. The van der Waals surface area contributed by atoms with Crippen molar-refractivity contribution in [3.05, 3.63) is 64.2 Å². The molecular weight excluding hydrogens is 300 g/mol. The average Bonchev–Trinajstić information content (AvgIpc) is 2.44. The van der Waals surface area contributed by atoms with E-state index in [-0.39, 0.29) is 12.5 Å². The fourth-order valence-corrected chi connectivity index (χ4v) is 2.16. The summed E-state index contributed by atoms with van der Waals surface area (Å²) in [6, 6.07) is 13.0. The van der Waals surface area contributed by atoms with Crippen molar-refractivity contribution in [3.8, 4) is 5.75 Å². The molecule has 0 saturated carbocycles. The van der Waals surface area contributed by atoms with Gasteiger partial charge in [-0.3, -0.25) is 4.79 Å². The molecule has 4 nitrogen and oxygen atoms in total. The molecule has 2 aromatic rings. The van der Waals surface area contributed by atoms with Gasteiger partial charge in [0, 0.05) is 5.02 Å². The first kappa shape index (κ1) is 16.0. The second kappa shape index (κ2) is 7.61. The molecule has 1 amide bonds. The molecule has 0 spiro atoms. The molecule has 0 unspecified atom stereocenters. The Hall–Kier alpha value is -2.33. The third-order valence-electron chi connectivity index (χ3n) is 2.82.